The van der Waals surface area contributed by atoms with Crippen LogP contribution in [-0.2, 0) is 0 Å². The standard InChI is InChI=1S/C11H12N4O/c1-8-6-9(11(12)14-16)2-3-10(8)15-5-4-13-7-15/h2-7,16H,1H3,(H2,12,14). The Morgan fingerprint density at radius 1 is 1.50 bits per heavy atom. The lowest BCUT2D eigenvalue weighted by molar-refractivity contribution is 0.318. The number of hydrogen-bond acceptors (Lipinski definition) is 3. The van der Waals surface area contributed by atoms with Gasteiger partial charge in [-0.1, -0.05) is 5.16 Å². The molecular weight excluding hydrogens is 204 g/mol. The summed E-state index contributed by atoms with van der Waals surface area (Å²) in [4.78, 5) is 3.99. The van der Waals surface area contributed by atoms with E-state index in [2.05, 4.69) is 10.1 Å². The summed E-state index contributed by atoms with van der Waals surface area (Å²) in [5.74, 6) is 0.111. The average Bonchev–Trinajstić information content (AvgIpc) is 2.81. The molecule has 0 atom stereocenters. The second-order valence-corrected chi connectivity index (χ2v) is 3.46. The molecule has 0 spiro atoms. The van der Waals surface area contributed by atoms with Crippen LogP contribution in [0.25, 0.3) is 5.69 Å². The molecule has 82 valence electrons. The molecule has 0 bridgehead atoms. The molecule has 1 aromatic carbocycles. The van der Waals surface area contributed by atoms with Crippen molar-refractivity contribution in [2.45, 2.75) is 6.92 Å². The zero-order chi connectivity index (χ0) is 11.5. The first-order valence-corrected chi connectivity index (χ1v) is 4.79. The van der Waals surface area contributed by atoms with Crippen LogP contribution in [0.3, 0.4) is 0 Å². The van der Waals surface area contributed by atoms with E-state index in [1.807, 2.05) is 29.8 Å². The number of rotatable bonds is 2. The van der Waals surface area contributed by atoms with Crippen LogP contribution < -0.4 is 5.73 Å². The summed E-state index contributed by atoms with van der Waals surface area (Å²) in [5.41, 5.74) is 8.26. The predicted octanol–water partition coefficient (Wildman–Crippen LogP) is 1.28. The second kappa shape index (κ2) is 4.06. The third-order valence-corrected chi connectivity index (χ3v) is 2.38. The van der Waals surface area contributed by atoms with Crippen molar-refractivity contribution in [1.29, 1.82) is 0 Å². The number of aryl methyl sites for hydroxylation is 1. The SMILES string of the molecule is Cc1cc(/C(N)=N/O)ccc1-n1ccnc1. The maximum absolute atomic E-state index is 8.58. The number of imidazole rings is 1. The van der Waals surface area contributed by atoms with Crippen LogP contribution >= 0.6 is 0 Å². The quantitative estimate of drug-likeness (QED) is 0.343. The van der Waals surface area contributed by atoms with E-state index in [0.717, 1.165) is 11.3 Å². The monoisotopic (exact) mass is 216 g/mol. The molecule has 5 nitrogen and oxygen atoms in total. The van der Waals surface area contributed by atoms with Gasteiger partial charge < -0.3 is 15.5 Å². The van der Waals surface area contributed by atoms with Crippen LogP contribution in [0.4, 0.5) is 0 Å². The van der Waals surface area contributed by atoms with Crippen LogP contribution in [0.5, 0.6) is 0 Å². The van der Waals surface area contributed by atoms with Gasteiger partial charge >= 0.3 is 0 Å². The molecule has 0 aliphatic rings. The molecule has 2 aromatic rings. The Kier molecular flexibility index (Phi) is 2.59. The van der Waals surface area contributed by atoms with Gasteiger partial charge in [0.25, 0.3) is 0 Å². The third-order valence-electron chi connectivity index (χ3n) is 2.38. The number of aromatic nitrogens is 2. The Balaban J connectivity index is 2.45. The number of amidine groups is 1. The minimum Gasteiger partial charge on any atom is -0.409 e. The minimum absolute atomic E-state index is 0.111. The van der Waals surface area contributed by atoms with E-state index in [1.165, 1.54) is 0 Å². The summed E-state index contributed by atoms with van der Waals surface area (Å²) >= 11 is 0. The molecule has 0 radical (unpaired) electrons. The fourth-order valence-corrected chi connectivity index (χ4v) is 1.56. The van der Waals surface area contributed by atoms with Gasteiger partial charge in [0, 0.05) is 23.6 Å². The fraction of sp³-hybridized carbons (Fsp3) is 0.0909. The zero-order valence-electron chi connectivity index (χ0n) is 8.83. The molecule has 16 heavy (non-hydrogen) atoms. The molecular formula is C11H12N4O. The van der Waals surface area contributed by atoms with Gasteiger partial charge in [-0.05, 0) is 30.7 Å². The van der Waals surface area contributed by atoms with Gasteiger partial charge in [-0.15, -0.1) is 0 Å². The van der Waals surface area contributed by atoms with Gasteiger partial charge in [0.1, 0.15) is 0 Å². The number of nitrogens with zero attached hydrogens (tertiary/aromatic N) is 3. The molecule has 3 N–H and O–H groups in total. The van der Waals surface area contributed by atoms with Gasteiger partial charge in [-0.3, -0.25) is 0 Å². The third kappa shape index (κ3) is 1.75. The molecule has 0 saturated heterocycles. The Morgan fingerprint density at radius 2 is 2.31 bits per heavy atom. The van der Waals surface area contributed by atoms with Crippen molar-refractivity contribution in [3.63, 3.8) is 0 Å². The molecule has 2 rings (SSSR count). The van der Waals surface area contributed by atoms with E-state index >= 15 is 0 Å². The zero-order valence-corrected chi connectivity index (χ0v) is 8.83. The van der Waals surface area contributed by atoms with Crippen LogP contribution in [0.2, 0.25) is 0 Å². The Hall–Kier alpha value is -2.30. The molecule has 1 heterocycles. The second-order valence-electron chi connectivity index (χ2n) is 3.46. The van der Waals surface area contributed by atoms with E-state index in [4.69, 9.17) is 10.9 Å². The highest BCUT2D eigenvalue weighted by molar-refractivity contribution is 5.97. The topological polar surface area (TPSA) is 76.4 Å². The number of benzene rings is 1. The normalized spacial score (nSPS) is 11.7. The predicted molar refractivity (Wildman–Crippen MR) is 60.8 cm³/mol. The average molecular weight is 216 g/mol. The van der Waals surface area contributed by atoms with E-state index in [-0.39, 0.29) is 5.84 Å². The largest absolute Gasteiger partial charge is 0.409 e. The number of nitrogens with two attached hydrogens (primary N) is 1. The highest BCUT2D eigenvalue weighted by atomic mass is 16.4. The molecule has 1 aromatic heterocycles. The smallest absolute Gasteiger partial charge is 0.170 e. The Bertz CT molecular complexity index is 517. The van der Waals surface area contributed by atoms with Crippen LogP contribution in [0.1, 0.15) is 11.1 Å². The molecule has 0 aliphatic heterocycles. The molecule has 0 amide bonds. The van der Waals surface area contributed by atoms with Crippen molar-refractivity contribution in [2.24, 2.45) is 10.9 Å². The van der Waals surface area contributed by atoms with E-state index in [9.17, 15) is 0 Å². The van der Waals surface area contributed by atoms with Gasteiger partial charge in [0.2, 0.25) is 0 Å². The van der Waals surface area contributed by atoms with Gasteiger partial charge in [0.15, 0.2) is 5.84 Å². The van der Waals surface area contributed by atoms with Crippen LogP contribution in [0, 0.1) is 6.92 Å². The number of hydrogen-bond donors (Lipinski definition) is 2. The first-order chi connectivity index (χ1) is 7.72. The molecule has 0 fully saturated rings. The highest BCUT2D eigenvalue weighted by Crippen LogP contribution is 2.15. The van der Waals surface area contributed by atoms with Crippen molar-refractivity contribution in [3.05, 3.63) is 48.0 Å². The van der Waals surface area contributed by atoms with Crippen molar-refractivity contribution >= 4 is 5.84 Å². The summed E-state index contributed by atoms with van der Waals surface area (Å²) in [5, 5.41) is 11.5. The van der Waals surface area contributed by atoms with Crippen LogP contribution in [0.15, 0.2) is 42.1 Å². The highest BCUT2D eigenvalue weighted by Gasteiger charge is 2.04. The molecule has 0 unspecified atom stereocenters. The van der Waals surface area contributed by atoms with E-state index in [0.29, 0.717) is 5.56 Å². The van der Waals surface area contributed by atoms with E-state index in [1.54, 1.807) is 18.6 Å². The van der Waals surface area contributed by atoms with Crippen molar-refractivity contribution < 1.29 is 5.21 Å². The van der Waals surface area contributed by atoms with Gasteiger partial charge in [0.05, 0.1) is 6.33 Å². The van der Waals surface area contributed by atoms with Gasteiger partial charge in [-0.25, -0.2) is 4.98 Å². The van der Waals surface area contributed by atoms with Crippen LogP contribution in [-0.4, -0.2) is 20.6 Å². The summed E-state index contributed by atoms with van der Waals surface area (Å²) in [6.07, 6.45) is 5.31. The maximum atomic E-state index is 8.58. The fourth-order valence-electron chi connectivity index (χ4n) is 1.56. The van der Waals surface area contributed by atoms with Crippen molar-refractivity contribution in [3.8, 4) is 5.69 Å². The lowest BCUT2D eigenvalue weighted by Gasteiger charge is -2.08. The Morgan fingerprint density at radius 3 is 2.88 bits per heavy atom. The van der Waals surface area contributed by atoms with Gasteiger partial charge in [-0.2, -0.15) is 0 Å². The lowest BCUT2D eigenvalue weighted by atomic mass is 10.1. The maximum Gasteiger partial charge on any atom is 0.170 e. The summed E-state index contributed by atoms with van der Waals surface area (Å²) in [6, 6.07) is 5.58. The molecule has 0 saturated carbocycles. The van der Waals surface area contributed by atoms with Crippen molar-refractivity contribution in [1.82, 2.24) is 9.55 Å². The summed E-state index contributed by atoms with van der Waals surface area (Å²) in [7, 11) is 0. The lowest BCUT2D eigenvalue weighted by Crippen LogP contribution is -2.13. The van der Waals surface area contributed by atoms with E-state index < -0.39 is 0 Å². The number of oxime groups is 1. The summed E-state index contributed by atoms with van der Waals surface area (Å²) in [6.45, 7) is 1.96. The minimum atomic E-state index is 0.111. The first-order valence-electron chi connectivity index (χ1n) is 4.79. The Labute approximate surface area is 92.8 Å². The summed E-state index contributed by atoms with van der Waals surface area (Å²) < 4.78 is 1.91. The van der Waals surface area contributed by atoms with Crippen molar-refractivity contribution in [2.75, 3.05) is 0 Å². The molecule has 0 aliphatic carbocycles. The first kappa shape index (κ1) is 10.2. The molecule has 5 heteroatoms.